The van der Waals surface area contributed by atoms with Crippen molar-refractivity contribution in [2.24, 2.45) is 5.73 Å². The number of carbonyl (C=O) groups is 1. The first-order valence-electron chi connectivity index (χ1n) is 6.85. The highest BCUT2D eigenvalue weighted by atomic mass is 35.5. The number of nitrogens with two attached hydrogens (primary N) is 1. The molecule has 1 aromatic rings. The Morgan fingerprint density at radius 1 is 1.43 bits per heavy atom. The second-order valence-electron chi connectivity index (χ2n) is 5.07. The fraction of sp³-hybridized carbons (Fsp3) is 0.533. The maximum absolute atomic E-state index is 13.4. The summed E-state index contributed by atoms with van der Waals surface area (Å²) in [5.41, 5.74) is 5.82. The number of thioether (sulfide) groups is 1. The summed E-state index contributed by atoms with van der Waals surface area (Å²) in [6.07, 6.45) is 1.55. The van der Waals surface area contributed by atoms with Crippen molar-refractivity contribution < 1.29 is 9.18 Å². The van der Waals surface area contributed by atoms with Crippen molar-refractivity contribution in [2.75, 3.05) is 12.3 Å². The Kier molecular flexibility index (Phi) is 9.66. The van der Waals surface area contributed by atoms with Gasteiger partial charge in [-0.2, -0.15) is 11.8 Å². The van der Waals surface area contributed by atoms with Gasteiger partial charge in [0.1, 0.15) is 5.82 Å². The lowest BCUT2D eigenvalue weighted by Crippen LogP contribution is -2.51. The van der Waals surface area contributed by atoms with E-state index in [1.165, 1.54) is 6.07 Å². The molecule has 0 aromatic heterocycles. The molecule has 0 spiro atoms. The average molecular weight is 335 g/mol. The van der Waals surface area contributed by atoms with Gasteiger partial charge in [0.25, 0.3) is 0 Å². The molecular weight excluding hydrogens is 311 g/mol. The molecule has 0 aliphatic carbocycles. The van der Waals surface area contributed by atoms with Gasteiger partial charge in [-0.15, -0.1) is 12.4 Å². The zero-order valence-electron chi connectivity index (χ0n) is 12.5. The van der Waals surface area contributed by atoms with Crippen molar-refractivity contribution in [1.29, 1.82) is 0 Å². The molecule has 3 nitrogen and oxygen atoms in total. The summed E-state index contributed by atoms with van der Waals surface area (Å²) in [7, 11) is 0. The number of amides is 1. The molecule has 120 valence electrons. The van der Waals surface area contributed by atoms with Gasteiger partial charge in [0.2, 0.25) is 5.91 Å². The van der Waals surface area contributed by atoms with Gasteiger partial charge in [-0.25, -0.2) is 4.39 Å². The third kappa shape index (κ3) is 7.16. The predicted octanol–water partition coefficient (Wildman–Crippen LogP) is 3.11. The maximum atomic E-state index is 13.4. The Balaban J connectivity index is 0.00000400. The Morgan fingerprint density at radius 3 is 2.71 bits per heavy atom. The standard InChI is InChI=1S/C15H23FN2OS.ClH/c1-3-8-15(2,17)14(19)18-9-10-20-11-12-6-4-5-7-13(12)16;/h4-7H,3,8-11,17H2,1-2H3,(H,18,19);1H. The van der Waals surface area contributed by atoms with E-state index in [4.69, 9.17) is 5.73 Å². The first-order chi connectivity index (χ1) is 9.47. The van der Waals surface area contributed by atoms with Crippen LogP contribution in [-0.2, 0) is 10.5 Å². The minimum absolute atomic E-state index is 0. The van der Waals surface area contributed by atoms with Crippen molar-refractivity contribution in [3.05, 3.63) is 35.6 Å². The Bertz CT molecular complexity index is 443. The molecule has 0 heterocycles. The lowest BCUT2D eigenvalue weighted by Gasteiger charge is -2.22. The number of rotatable bonds is 8. The molecule has 6 heteroatoms. The number of hydrogen-bond acceptors (Lipinski definition) is 3. The molecule has 0 aliphatic rings. The highest BCUT2D eigenvalue weighted by molar-refractivity contribution is 7.98. The van der Waals surface area contributed by atoms with E-state index in [2.05, 4.69) is 5.32 Å². The molecule has 1 unspecified atom stereocenters. The minimum Gasteiger partial charge on any atom is -0.354 e. The molecule has 21 heavy (non-hydrogen) atoms. The quantitative estimate of drug-likeness (QED) is 0.718. The van der Waals surface area contributed by atoms with E-state index in [0.717, 1.165) is 12.2 Å². The molecule has 0 fully saturated rings. The summed E-state index contributed by atoms with van der Waals surface area (Å²) < 4.78 is 13.4. The fourth-order valence-corrected chi connectivity index (χ4v) is 2.71. The normalized spacial score (nSPS) is 13.1. The van der Waals surface area contributed by atoms with Crippen LogP contribution in [0.3, 0.4) is 0 Å². The molecule has 1 atom stereocenters. The van der Waals surface area contributed by atoms with Crippen LogP contribution in [0, 0.1) is 5.82 Å². The van der Waals surface area contributed by atoms with Crippen LogP contribution < -0.4 is 11.1 Å². The lowest BCUT2D eigenvalue weighted by molar-refractivity contribution is -0.125. The SMILES string of the molecule is CCCC(C)(N)C(=O)NCCSCc1ccccc1F.Cl. The monoisotopic (exact) mass is 334 g/mol. The summed E-state index contributed by atoms with van der Waals surface area (Å²) in [6, 6.07) is 6.74. The van der Waals surface area contributed by atoms with E-state index in [0.29, 0.717) is 24.3 Å². The first kappa shape index (κ1) is 20.2. The topological polar surface area (TPSA) is 55.1 Å². The molecule has 0 bridgehead atoms. The second kappa shape index (κ2) is 10.0. The number of carbonyl (C=O) groups excluding carboxylic acids is 1. The van der Waals surface area contributed by atoms with Crippen LogP contribution in [-0.4, -0.2) is 23.7 Å². The van der Waals surface area contributed by atoms with Crippen molar-refractivity contribution in [1.82, 2.24) is 5.32 Å². The Morgan fingerprint density at radius 2 is 2.10 bits per heavy atom. The van der Waals surface area contributed by atoms with E-state index in [1.807, 2.05) is 13.0 Å². The molecule has 0 saturated heterocycles. The summed E-state index contributed by atoms with van der Waals surface area (Å²) >= 11 is 1.59. The van der Waals surface area contributed by atoms with Gasteiger partial charge in [-0.05, 0) is 25.0 Å². The molecule has 3 N–H and O–H groups in total. The van der Waals surface area contributed by atoms with Gasteiger partial charge in [-0.3, -0.25) is 4.79 Å². The van der Waals surface area contributed by atoms with E-state index >= 15 is 0 Å². The third-order valence-electron chi connectivity index (χ3n) is 3.04. The molecule has 1 rings (SSSR count). The van der Waals surface area contributed by atoms with Gasteiger partial charge in [0.05, 0.1) is 5.54 Å². The number of benzene rings is 1. The summed E-state index contributed by atoms with van der Waals surface area (Å²) in [4.78, 5) is 11.8. The molecule has 1 aromatic carbocycles. The van der Waals surface area contributed by atoms with Crippen molar-refractivity contribution in [3.8, 4) is 0 Å². The average Bonchev–Trinajstić information content (AvgIpc) is 2.40. The van der Waals surface area contributed by atoms with Gasteiger partial charge in [0, 0.05) is 18.1 Å². The van der Waals surface area contributed by atoms with Gasteiger partial charge in [0.15, 0.2) is 0 Å². The Hall–Kier alpha value is -0.780. The van der Waals surface area contributed by atoms with E-state index < -0.39 is 5.54 Å². The number of hydrogen-bond donors (Lipinski definition) is 2. The highest BCUT2D eigenvalue weighted by Gasteiger charge is 2.26. The van der Waals surface area contributed by atoms with Gasteiger partial charge < -0.3 is 11.1 Å². The molecule has 1 amide bonds. The molecule has 0 saturated carbocycles. The summed E-state index contributed by atoms with van der Waals surface area (Å²) in [5.74, 6) is 1.05. The fourth-order valence-electron chi connectivity index (χ4n) is 1.87. The Labute approximate surface area is 136 Å². The van der Waals surface area contributed by atoms with Crippen LogP contribution in [0.4, 0.5) is 4.39 Å². The van der Waals surface area contributed by atoms with Crippen LogP contribution in [0.2, 0.25) is 0 Å². The van der Waals surface area contributed by atoms with Gasteiger partial charge in [-0.1, -0.05) is 31.5 Å². The van der Waals surface area contributed by atoms with E-state index in [-0.39, 0.29) is 24.1 Å². The lowest BCUT2D eigenvalue weighted by atomic mass is 9.97. The predicted molar refractivity (Wildman–Crippen MR) is 90.3 cm³/mol. The van der Waals surface area contributed by atoms with Crippen molar-refractivity contribution >= 4 is 30.1 Å². The minimum atomic E-state index is -0.801. The van der Waals surface area contributed by atoms with Crippen LogP contribution in [0.15, 0.2) is 24.3 Å². The molecular formula is C15H24ClFN2OS. The summed E-state index contributed by atoms with van der Waals surface area (Å²) in [5, 5.41) is 2.83. The second-order valence-corrected chi connectivity index (χ2v) is 6.17. The number of nitrogens with one attached hydrogen (secondary N) is 1. The van der Waals surface area contributed by atoms with E-state index in [9.17, 15) is 9.18 Å². The van der Waals surface area contributed by atoms with E-state index in [1.54, 1.807) is 30.8 Å². The zero-order valence-corrected chi connectivity index (χ0v) is 14.2. The molecule has 0 aliphatic heterocycles. The van der Waals surface area contributed by atoms with Crippen LogP contribution in [0.5, 0.6) is 0 Å². The highest BCUT2D eigenvalue weighted by Crippen LogP contribution is 2.15. The van der Waals surface area contributed by atoms with Crippen LogP contribution >= 0.6 is 24.2 Å². The first-order valence-corrected chi connectivity index (χ1v) is 8.01. The van der Waals surface area contributed by atoms with Crippen molar-refractivity contribution in [2.45, 2.75) is 38.0 Å². The van der Waals surface area contributed by atoms with Gasteiger partial charge >= 0.3 is 0 Å². The smallest absolute Gasteiger partial charge is 0.239 e. The summed E-state index contributed by atoms with van der Waals surface area (Å²) in [6.45, 7) is 4.30. The van der Waals surface area contributed by atoms with Crippen LogP contribution in [0.25, 0.3) is 0 Å². The number of halogens is 2. The third-order valence-corrected chi connectivity index (χ3v) is 4.04. The maximum Gasteiger partial charge on any atom is 0.239 e. The molecule has 0 radical (unpaired) electrons. The van der Waals surface area contributed by atoms with Crippen LogP contribution in [0.1, 0.15) is 32.3 Å². The van der Waals surface area contributed by atoms with Crippen molar-refractivity contribution in [3.63, 3.8) is 0 Å². The largest absolute Gasteiger partial charge is 0.354 e. The zero-order chi connectivity index (χ0) is 15.0.